The van der Waals surface area contributed by atoms with Crippen molar-refractivity contribution in [1.29, 1.82) is 0 Å². The molecule has 0 bridgehead atoms. The SMILES string of the molecule is CN(C)C1NC(N(C)N2CCCCCC2)SS1. The van der Waals surface area contributed by atoms with Crippen molar-refractivity contribution in [3.8, 4) is 0 Å². The summed E-state index contributed by atoms with van der Waals surface area (Å²) in [5.74, 6) is 0. The van der Waals surface area contributed by atoms with Crippen LogP contribution in [-0.4, -0.2) is 60.1 Å². The van der Waals surface area contributed by atoms with Crippen LogP contribution in [0.4, 0.5) is 0 Å². The Balaban J connectivity index is 1.84. The maximum Gasteiger partial charge on any atom is 0.133 e. The monoisotopic (exact) mass is 276 g/mol. The number of nitrogens with zero attached hydrogens (tertiary/aromatic N) is 3. The van der Waals surface area contributed by atoms with Gasteiger partial charge in [0.2, 0.25) is 0 Å². The molecule has 0 aliphatic carbocycles. The second-order valence-electron chi connectivity index (χ2n) is 4.97. The second-order valence-corrected chi connectivity index (χ2v) is 7.40. The molecule has 0 saturated carbocycles. The molecule has 0 radical (unpaired) electrons. The van der Waals surface area contributed by atoms with Crippen molar-refractivity contribution >= 4 is 21.6 Å². The summed E-state index contributed by atoms with van der Waals surface area (Å²) in [6, 6.07) is 0. The largest absolute Gasteiger partial charge is 0.285 e. The standard InChI is InChI=1S/C11H24N4S2/c1-13(2)10-12-11(17-16-10)14(3)15-8-6-4-5-7-9-15/h10-12H,4-9H2,1-3H3. The van der Waals surface area contributed by atoms with Crippen LogP contribution in [0.2, 0.25) is 0 Å². The minimum Gasteiger partial charge on any atom is -0.285 e. The van der Waals surface area contributed by atoms with Crippen LogP contribution in [0.3, 0.4) is 0 Å². The molecule has 0 aromatic carbocycles. The molecule has 2 heterocycles. The fourth-order valence-electron chi connectivity index (χ4n) is 2.21. The number of hydrogen-bond donors (Lipinski definition) is 1. The van der Waals surface area contributed by atoms with E-state index in [1.54, 1.807) is 0 Å². The van der Waals surface area contributed by atoms with Crippen LogP contribution in [0.1, 0.15) is 25.7 Å². The Morgan fingerprint density at radius 3 is 2.06 bits per heavy atom. The summed E-state index contributed by atoms with van der Waals surface area (Å²) in [6.45, 7) is 2.43. The molecule has 2 aliphatic heterocycles. The highest BCUT2D eigenvalue weighted by Crippen LogP contribution is 2.38. The van der Waals surface area contributed by atoms with Gasteiger partial charge in [0, 0.05) is 20.1 Å². The van der Waals surface area contributed by atoms with E-state index in [2.05, 4.69) is 41.4 Å². The lowest BCUT2D eigenvalue weighted by Gasteiger charge is -2.35. The summed E-state index contributed by atoms with van der Waals surface area (Å²) >= 11 is 0. The Morgan fingerprint density at radius 2 is 1.53 bits per heavy atom. The van der Waals surface area contributed by atoms with E-state index in [9.17, 15) is 0 Å². The van der Waals surface area contributed by atoms with Gasteiger partial charge in [-0.2, -0.15) is 0 Å². The van der Waals surface area contributed by atoms with E-state index in [4.69, 9.17) is 0 Å². The van der Waals surface area contributed by atoms with Gasteiger partial charge in [0.1, 0.15) is 11.0 Å². The van der Waals surface area contributed by atoms with Crippen LogP contribution in [0, 0.1) is 0 Å². The first-order valence-corrected chi connectivity index (χ1v) is 8.68. The Hall–Kier alpha value is 0.540. The summed E-state index contributed by atoms with van der Waals surface area (Å²) < 4.78 is 0. The van der Waals surface area contributed by atoms with E-state index >= 15 is 0 Å². The first kappa shape index (κ1) is 14.0. The molecular weight excluding hydrogens is 252 g/mol. The quantitative estimate of drug-likeness (QED) is 0.789. The van der Waals surface area contributed by atoms with Crippen LogP contribution in [0.25, 0.3) is 0 Å². The van der Waals surface area contributed by atoms with Crippen molar-refractivity contribution in [3.05, 3.63) is 0 Å². The molecule has 17 heavy (non-hydrogen) atoms. The summed E-state index contributed by atoms with van der Waals surface area (Å²) in [4.78, 5) is 2.23. The number of hydrazine groups is 1. The fraction of sp³-hybridized carbons (Fsp3) is 1.00. The lowest BCUT2D eigenvalue weighted by molar-refractivity contribution is -0.0187. The van der Waals surface area contributed by atoms with E-state index in [-0.39, 0.29) is 0 Å². The van der Waals surface area contributed by atoms with Crippen LogP contribution >= 0.6 is 21.6 Å². The molecule has 0 aromatic heterocycles. The molecule has 2 aliphatic rings. The molecule has 2 unspecified atom stereocenters. The molecule has 1 N–H and O–H groups in total. The molecule has 0 spiro atoms. The summed E-state index contributed by atoms with van der Waals surface area (Å²) in [7, 11) is 10.3. The van der Waals surface area contributed by atoms with Crippen molar-refractivity contribution in [2.45, 2.75) is 36.7 Å². The zero-order chi connectivity index (χ0) is 12.3. The summed E-state index contributed by atoms with van der Waals surface area (Å²) in [6.07, 6.45) is 5.47. The van der Waals surface area contributed by atoms with Crippen LogP contribution in [0.15, 0.2) is 0 Å². The van der Waals surface area contributed by atoms with Gasteiger partial charge in [0.05, 0.1) is 0 Å². The fourth-order valence-corrected chi connectivity index (χ4v) is 5.16. The van der Waals surface area contributed by atoms with Crippen molar-refractivity contribution in [3.63, 3.8) is 0 Å². The van der Waals surface area contributed by atoms with Gasteiger partial charge < -0.3 is 0 Å². The van der Waals surface area contributed by atoms with E-state index in [0.717, 1.165) is 0 Å². The van der Waals surface area contributed by atoms with Gasteiger partial charge in [-0.25, -0.2) is 10.0 Å². The zero-order valence-electron chi connectivity index (χ0n) is 11.1. The van der Waals surface area contributed by atoms with Gasteiger partial charge >= 0.3 is 0 Å². The van der Waals surface area contributed by atoms with E-state index in [1.165, 1.54) is 38.8 Å². The Labute approximate surface area is 113 Å². The van der Waals surface area contributed by atoms with Gasteiger partial charge in [-0.3, -0.25) is 10.2 Å². The Kier molecular flexibility index (Phi) is 5.45. The third kappa shape index (κ3) is 3.75. The molecule has 2 atom stereocenters. The third-order valence-electron chi connectivity index (χ3n) is 3.36. The first-order chi connectivity index (χ1) is 8.18. The molecule has 2 saturated heterocycles. The molecule has 100 valence electrons. The topological polar surface area (TPSA) is 21.8 Å². The molecule has 6 heteroatoms. The summed E-state index contributed by atoms with van der Waals surface area (Å²) in [5, 5.41) is 8.55. The van der Waals surface area contributed by atoms with E-state index < -0.39 is 0 Å². The number of hydrogen-bond acceptors (Lipinski definition) is 6. The average Bonchev–Trinajstić information content (AvgIpc) is 2.65. The predicted molar refractivity (Wildman–Crippen MR) is 77.4 cm³/mol. The molecule has 0 aromatic rings. The molecule has 4 nitrogen and oxygen atoms in total. The lowest BCUT2D eigenvalue weighted by Crippen LogP contribution is -2.52. The molecular formula is C11H24N4S2. The van der Waals surface area contributed by atoms with Crippen LogP contribution in [-0.2, 0) is 0 Å². The highest BCUT2D eigenvalue weighted by molar-refractivity contribution is 8.77. The number of rotatable bonds is 3. The Morgan fingerprint density at radius 1 is 0.941 bits per heavy atom. The van der Waals surface area contributed by atoms with E-state index in [0.29, 0.717) is 11.0 Å². The Bertz CT molecular complexity index is 232. The maximum absolute atomic E-state index is 3.64. The minimum atomic E-state index is 0.408. The van der Waals surface area contributed by atoms with Gasteiger partial charge in [-0.05, 0) is 26.9 Å². The molecule has 2 fully saturated rings. The predicted octanol–water partition coefficient (Wildman–Crippen LogP) is 1.82. The van der Waals surface area contributed by atoms with Crippen molar-refractivity contribution in [1.82, 2.24) is 20.2 Å². The van der Waals surface area contributed by atoms with Crippen molar-refractivity contribution < 1.29 is 0 Å². The van der Waals surface area contributed by atoms with E-state index in [1.807, 2.05) is 21.6 Å². The van der Waals surface area contributed by atoms with Crippen LogP contribution in [0.5, 0.6) is 0 Å². The van der Waals surface area contributed by atoms with Crippen molar-refractivity contribution in [2.24, 2.45) is 0 Å². The first-order valence-electron chi connectivity index (χ1n) is 6.41. The average molecular weight is 276 g/mol. The van der Waals surface area contributed by atoms with Gasteiger partial charge in [0.15, 0.2) is 0 Å². The smallest absolute Gasteiger partial charge is 0.133 e. The lowest BCUT2D eigenvalue weighted by atomic mass is 10.2. The number of nitrogens with one attached hydrogen (secondary N) is 1. The summed E-state index contributed by atoms with van der Waals surface area (Å²) in [5.41, 5.74) is 0.838. The second kappa shape index (κ2) is 6.63. The maximum atomic E-state index is 3.64. The van der Waals surface area contributed by atoms with Crippen LogP contribution < -0.4 is 5.32 Å². The van der Waals surface area contributed by atoms with Gasteiger partial charge in [-0.1, -0.05) is 34.4 Å². The molecule has 2 rings (SSSR count). The van der Waals surface area contributed by atoms with Gasteiger partial charge in [-0.15, -0.1) is 0 Å². The molecule has 0 amide bonds. The zero-order valence-corrected chi connectivity index (χ0v) is 12.7. The van der Waals surface area contributed by atoms with Crippen molar-refractivity contribution in [2.75, 3.05) is 34.2 Å². The normalized spacial score (nSPS) is 32.3. The third-order valence-corrected chi connectivity index (χ3v) is 6.26. The highest BCUT2D eigenvalue weighted by Gasteiger charge is 2.32. The van der Waals surface area contributed by atoms with Gasteiger partial charge in [0.25, 0.3) is 0 Å². The minimum absolute atomic E-state index is 0.408. The highest BCUT2D eigenvalue weighted by atomic mass is 33.1.